The SMILES string of the molecule is CC(=O)c1sccc1NC(=O)c1ccc(C)c(-c2ccc3nc(N)ncc3c2)c1. The number of benzene rings is 2. The van der Waals surface area contributed by atoms with Gasteiger partial charge in [-0.15, -0.1) is 11.3 Å². The smallest absolute Gasteiger partial charge is 0.255 e. The van der Waals surface area contributed by atoms with E-state index in [1.807, 2.05) is 37.3 Å². The number of amides is 1. The zero-order chi connectivity index (χ0) is 20.5. The minimum absolute atomic E-state index is 0.0704. The molecule has 0 aliphatic carbocycles. The predicted molar refractivity (Wildman–Crippen MR) is 116 cm³/mol. The van der Waals surface area contributed by atoms with E-state index < -0.39 is 0 Å². The Bertz CT molecular complexity index is 1260. The highest BCUT2D eigenvalue weighted by molar-refractivity contribution is 7.12. The molecule has 0 spiro atoms. The van der Waals surface area contributed by atoms with Gasteiger partial charge in [0.05, 0.1) is 16.1 Å². The lowest BCUT2D eigenvalue weighted by atomic mass is 9.97. The molecule has 0 unspecified atom stereocenters. The number of nitrogen functional groups attached to an aromatic ring is 1. The molecule has 0 fully saturated rings. The number of nitrogens with two attached hydrogens (primary N) is 1. The van der Waals surface area contributed by atoms with Crippen LogP contribution in [0.4, 0.5) is 11.6 Å². The second-order valence-corrected chi connectivity index (χ2v) is 7.62. The molecule has 1 amide bonds. The Labute approximate surface area is 171 Å². The fourth-order valence-corrected chi connectivity index (χ4v) is 3.92. The van der Waals surface area contributed by atoms with Gasteiger partial charge < -0.3 is 11.1 Å². The van der Waals surface area contributed by atoms with Gasteiger partial charge in [0.25, 0.3) is 5.91 Å². The number of thiophene rings is 1. The number of nitrogens with one attached hydrogen (secondary N) is 1. The summed E-state index contributed by atoms with van der Waals surface area (Å²) < 4.78 is 0. The fraction of sp³-hybridized carbons (Fsp3) is 0.0909. The Morgan fingerprint density at radius 2 is 1.93 bits per heavy atom. The van der Waals surface area contributed by atoms with Crippen molar-refractivity contribution in [1.29, 1.82) is 0 Å². The van der Waals surface area contributed by atoms with Gasteiger partial charge in [-0.2, -0.15) is 0 Å². The number of ketones is 1. The van der Waals surface area contributed by atoms with Crippen LogP contribution in [0.2, 0.25) is 0 Å². The van der Waals surface area contributed by atoms with Gasteiger partial charge in [0.15, 0.2) is 5.78 Å². The molecule has 3 N–H and O–H groups in total. The maximum atomic E-state index is 12.8. The van der Waals surface area contributed by atoms with Crippen molar-refractivity contribution in [2.45, 2.75) is 13.8 Å². The summed E-state index contributed by atoms with van der Waals surface area (Å²) in [5.74, 6) is -0.0959. The van der Waals surface area contributed by atoms with E-state index in [0.717, 1.165) is 27.6 Å². The van der Waals surface area contributed by atoms with Crippen LogP contribution in [-0.4, -0.2) is 21.7 Å². The molecule has 29 heavy (non-hydrogen) atoms. The Balaban J connectivity index is 1.69. The third-order valence-corrected chi connectivity index (χ3v) is 5.66. The molecule has 2 aromatic carbocycles. The normalized spacial score (nSPS) is 10.8. The lowest BCUT2D eigenvalue weighted by Crippen LogP contribution is -2.13. The molecule has 0 aliphatic rings. The average molecular weight is 402 g/mol. The number of fused-ring (bicyclic) bond motifs is 1. The lowest BCUT2D eigenvalue weighted by molar-refractivity contribution is 0.102. The first-order valence-corrected chi connectivity index (χ1v) is 9.83. The Kier molecular flexibility index (Phi) is 4.82. The van der Waals surface area contributed by atoms with Crippen LogP contribution in [0.25, 0.3) is 22.0 Å². The van der Waals surface area contributed by atoms with Gasteiger partial charge in [-0.3, -0.25) is 9.59 Å². The zero-order valence-electron chi connectivity index (χ0n) is 15.9. The predicted octanol–water partition coefficient (Wildman–Crippen LogP) is 4.70. The van der Waals surface area contributed by atoms with Gasteiger partial charge in [0.2, 0.25) is 5.95 Å². The summed E-state index contributed by atoms with van der Waals surface area (Å²) in [5.41, 5.74) is 10.4. The summed E-state index contributed by atoms with van der Waals surface area (Å²) in [6.07, 6.45) is 1.69. The first kappa shape index (κ1) is 18.8. The summed E-state index contributed by atoms with van der Waals surface area (Å²) in [5, 5.41) is 5.50. The van der Waals surface area contributed by atoms with Crippen molar-refractivity contribution < 1.29 is 9.59 Å². The zero-order valence-corrected chi connectivity index (χ0v) is 16.7. The third-order valence-electron chi connectivity index (χ3n) is 4.64. The molecule has 0 radical (unpaired) electrons. The van der Waals surface area contributed by atoms with Crippen molar-refractivity contribution in [2.24, 2.45) is 0 Å². The topological polar surface area (TPSA) is 98.0 Å². The Hall–Kier alpha value is -3.58. The van der Waals surface area contributed by atoms with Crippen LogP contribution in [-0.2, 0) is 0 Å². The monoisotopic (exact) mass is 402 g/mol. The van der Waals surface area contributed by atoms with Crippen LogP contribution in [0.1, 0.15) is 32.5 Å². The van der Waals surface area contributed by atoms with Crippen LogP contribution in [0, 0.1) is 6.92 Å². The molecule has 144 valence electrons. The molecule has 7 heteroatoms. The van der Waals surface area contributed by atoms with E-state index in [1.54, 1.807) is 23.7 Å². The van der Waals surface area contributed by atoms with E-state index in [9.17, 15) is 9.59 Å². The average Bonchev–Trinajstić information content (AvgIpc) is 3.16. The molecule has 0 bridgehead atoms. The van der Waals surface area contributed by atoms with Crippen LogP contribution in [0.3, 0.4) is 0 Å². The third kappa shape index (κ3) is 3.72. The van der Waals surface area contributed by atoms with Crippen molar-refractivity contribution in [3.63, 3.8) is 0 Å². The maximum absolute atomic E-state index is 12.8. The molecule has 0 saturated heterocycles. The maximum Gasteiger partial charge on any atom is 0.255 e. The van der Waals surface area contributed by atoms with Crippen molar-refractivity contribution in [3.8, 4) is 11.1 Å². The first-order valence-electron chi connectivity index (χ1n) is 8.95. The van der Waals surface area contributed by atoms with E-state index in [4.69, 9.17) is 5.73 Å². The summed E-state index contributed by atoms with van der Waals surface area (Å²) in [4.78, 5) is 33.3. The molecule has 2 aromatic heterocycles. The van der Waals surface area contributed by atoms with Crippen LogP contribution in [0.15, 0.2) is 54.0 Å². The van der Waals surface area contributed by atoms with E-state index >= 15 is 0 Å². The molecular formula is C22H18N4O2S. The van der Waals surface area contributed by atoms with Crippen molar-refractivity contribution in [2.75, 3.05) is 11.1 Å². The van der Waals surface area contributed by atoms with Gasteiger partial charge in [-0.05, 0) is 59.3 Å². The van der Waals surface area contributed by atoms with Crippen LogP contribution in [0.5, 0.6) is 0 Å². The minimum Gasteiger partial charge on any atom is -0.368 e. The summed E-state index contributed by atoms with van der Waals surface area (Å²) in [6, 6.07) is 13.1. The van der Waals surface area contributed by atoms with Gasteiger partial charge >= 0.3 is 0 Å². The number of carbonyl (C=O) groups is 2. The summed E-state index contributed by atoms with van der Waals surface area (Å²) in [7, 11) is 0. The Morgan fingerprint density at radius 1 is 1.10 bits per heavy atom. The highest BCUT2D eigenvalue weighted by atomic mass is 32.1. The molecular weight excluding hydrogens is 384 g/mol. The van der Waals surface area contributed by atoms with Crippen molar-refractivity contribution in [3.05, 3.63) is 70.0 Å². The number of anilines is 2. The van der Waals surface area contributed by atoms with E-state index in [2.05, 4.69) is 15.3 Å². The number of hydrogen-bond acceptors (Lipinski definition) is 6. The first-order chi connectivity index (χ1) is 13.9. The number of rotatable bonds is 4. The Morgan fingerprint density at radius 3 is 2.72 bits per heavy atom. The summed E-state index contributed by atoms with van der Waals surface area (Å²) >= 11 is 1.31. The van der Waals surface area contributed by atoms with E-state index in [0.29, 0.717) is 16.1 Å². The van der Waals surface area contributed by atoms with Gasteiger partial charge in [0.1, 0.15) is 0 Å². The fourth-order valence-electron chi connectivity index (χ4n) is 3.16. The van der Waals surface area contributed by atoms with E-state index in [1.165, 1.54) is 18.3 Å². The number of aryl methyl sites for hydroxylation is 1. The van der Waals surface area contributed by atoms with Crippen LogP contribution >= 0.6 is 11.3 Å². The van der Waals surface area contributed by atoms with Gasteiger partial charge in [0, 0.05) is 24.1 Å². The van der Waals surface area contributed by atoms with Crippen molar-refractivity contribution >= 4 is 45.6 Å². The van der Waals surface area contributed by atoms with Crippen molar-refractivity contribution in [1.82, 2.24) is 9.97 Å². The number of aromatic nitrogens is 2. The summed E-state index contributed by atoms with van der Waals surface area (Å²) in [6.45, 7) is 3.48. The number of hydrogen-bond donors (Lipinski definition) is 2. The largest absolute Gasteiger partial charge is 0.368 e. The molecule has 4 aromatic rings. The van der Waals surface area contributed by atoms with E-state index in [-0.39, 0.29) is 17.6 Å². The molecule has 0 atom stereocenters. The number of carbonyl (C=O) groups excluding carboxylic acids is 2. The standard InChI is InChI=1S/C22H18N4O2S/c1-12-3-4-15(21(28)25-19-7-8-29-20(19)13(2)27)10-17(12)14-5-6-18-16(9-14)11-24-22(23)26-18/h3-11H,1-2H3,(H,25,28)(H2,23,24,26). The molecule has 6 nitrogen and oxygen atoms in total. The second-order valence-electron chi connectivity index (χ2n) is 6.71. The molecule has 2 heterocycles. The number of Topliss-reactive ketones (excluding diaryl/α,β-unsaturated/α-hetero) is 1. The highest BCUT2D eigenvalue weighted by Crippen LogP contribution is 2.29. The highest BCUT2D eigenvalue weighted by Gasteiger charge is 2.15. The van der Waals surface area contributed by atoms with Gasteiger partial charge in [-0.25, -0.2) is 9.97 Å². The number of nitrogens with zero attached hydrogens (tertiary/aromatic N) is 2. The molecule has 4 rings (SSSR count). The minimum atomic E-state index is -0.260. The second kappa shape index (κ2) is 7.44. The van der Waals surface area contributed by atoms with Gasteiger partial charge in [-0.1, -0.05) is 12.1 Å². The lowest BCUT2D eigenvalue weighted by Gasteiger charge is -2.11. The molecule has 0 aliphatic heterocycles. The molecule has 0 saturated carbocycles. The van der Waals surface area contributed by atoms with Crippen LogP contribution < -0.4 is 11.1 Å². The quantitative estimate of drug-likeness (QED) is 0.482.